The second kappa shape index (κ2) is 8.69. The highest BCUT2D eigenvalue weighted by Crippen LogP contribution is 2.44. The van der Waals surface area contributed by atoms with E-state index in [9.17, 15) is 9.59 Å². The molecule has 1 aliphatic rings. The van der Waals surface area contributed by atoms with E-state index in [-0.39, 0.29) is 31.2 Å². The number of ether oxygens (including phenoxy) is 2. The van der Waals surface area contributed by atoms with Gasteiger partial charge < -0.3 is 19.9 Å². The lowest BCUT2D eigenvalue weighted by molar-refractivity contribution is 0.0696. The number of hydrogen-bond acceptors (Lipinski definition) is 4. The normalized spacial score (nSPS) is 12.0. The number of nitrogens with one attached hydrogen (secondary N) is 1. The molecule has 6 nitrogen and oxygen atoms in total. The van der Waals surface area contributed by atoms with E-state index in [1.165, 1.54) is 23.3 Å². The van der Waals surface area contributed by atoms with Gasteiger partial charge in [0.1, 0.15) is 19.0 Å². The minimum atomic E-state index is -1.02. The Bertz CT molecular complexity index is 1030. The quantitative estimate of drug-likeness (QED) is 0.575. The maximum Gasteiger partial charge on any atom is 0.407 e. The van der Waals surface area contributed by atoms with E-state index in [0.717, 1.165) is 11.1 Å². The first kappa shape index (κ1) is 19.5. The summed E-state index contributed by atoms with van der Waals surface area (Å²) in [5.41, 5.74) is 4.83. The van der Waals surface area contributed by atoms with Gasteiger partial charge in [-0.1, -0.05) is 54.6 Å². The summed E-state index contributed by atoms with van der Waals surface area (Å²) in [6, 6.07) is 22.5. The van der Waals surface area contributed by atoms with Crippen molar-refractivity contribution < 1.29 is 24.2 Å². The number of carboxylic acids is 1. The first-order valence-electron chi connectivity index (χ1n) is 9.68. The fourth-order valence-corrected chi connectivity index (χ4v) is 3.69. The van der Waals surface area contributed by atoms with Crippen molar-refractivity contribution in [3.63, 3.8) is 0 Å². The first-order chi connectivity index (χ1) is 14.6. The van der Waals surface area contributed by atoms with Crippen molar-refractivity contribution in [2.75, 3.05) is 19.8 Å². The zero-order chi connectivity index (χ0) is 20.9. The second-order valence-electron chi connectivity index (χ2n) is 6.93. The highest BCUT2D eigenvalue weighted by molar-refractivity contribution is 5.88. The first-order valence-corrected chi connectivity index (χ1v) is 9.68. The third-order valence-electron chi connectivity index (χ3n) is 5.06. The topological polar surface area (TPSA) is 84.9 Å². The van der Waals surface area contributed by atoms with Gasteiger partial charge in [0.05, 0.1) is 12.1 Å². The number of aromatic carboxylic acids is 1. The number of alkyl carbamates (subject to hydrolysis) is 1. The zero-order valence-corrected chi connectivity index (χ0v) is 16.2. The molecule has 4 rings (SSSR count). The van der Waals surface area contributed by atoms with Crippen LogP contribution in [0.3, 0.4) is 0 Å². The van der Waals surface area contributed by atoms with Crippen molar-refractivity contribution in [1.29, 1.82) is 0 Å². The highest BCUT2D eigenvalue weighted by atomic mass is 16.5. The molecule has 0 fully saturated rings. The maximum atomic E-state index is 12.1. The van der Waals surface area contributed by atoms with Gasteiger partial charge in [0.15, 0.2) is 0 Å². The van der Waals surface area contributed by atoms with Crippen LogP contribution >= 0.6 is 0 Å². The molecule has 6 heteroatoms. The van der Waals surface area contributed by atoms with Gasteiger partial charge in [-0.15, -0.1) is 0 Å². The maximum absolute atomic E-state index is 12.1. The Labute approximate surface area is 174 Å². The van der Waals surface area contributed by atoms with Gasteiger partial charge in [-0.3, -0.25) is 0 Å². The molecule has 0 bridgehead atoms. The summed E-state index contributed by atoms with van der Waals surface area (Å²) in [6.07, 6.45) is -0.514. The molecule has 0 saturated heterocycles. The molecule has 0 aromatic heterocycles. The van der Waals surface area contributed by atoms with Gasteiger partial charge in [0, 0.05) is 5.92 Å². The number of carboxylic acid groups (broad SMARTS) is 1. The molecule has 0 aliphatic heterocycles. The molecule has 0 unspecified atom stereocenters. The van der Waals surface area contributed by atoms with Crippen LogP contribution in [0.5, 0.6) is 5.75 Å². The summed E-state index contributed by atoms with van der Waals surface area (Å²) >= 11 is 0. The molecule has 0 radical (unpaired) electrons. The molecule has 3 aromatic carbocycles. The Hall–Kier alpha value is -3.80. The third kappa shape index (κ3) is 4.12. The number of carbonyl (C=O) groups excluding carboxylic acids is 1. The Morgan fingerprint density at radius 1 is 0.900 bits per heavy atom. The molecule has 30 heavy (non-hydrogen) atoms. The SMILES string of the molecule is O=C(NCCOc1cccc(C(=O)O)c1)OCC1c2ccccc2-c2ccccc21. The Balaban J connectivity index is 1.28. The largest absolute Gasteiger partial charge is 0.492 e. The Kier molecular flexibility index (Phi) is 5.66. The summed E-state index contributed by atoms with van der Waals surface area (Å²) < 4.78 is 10.9. The molecule has 0 atom stereocenters. The van der Waals surface area contributed by atoms with Crippen LogP contribution in [0.25, 0.3) is 11.1 Å². The van der Waals surface area contributed by atoms with Crippen molar-refractivity contribution >= 4 is 12.1 Å². The van der Waals surface area contributed by atoms with Crippen molar-refractivity contribution in [3.8, 4) is 16.9 Å². The van der Waals surface area contributed by atoms with Gasteiger partial charge in [-0.2, -0.15) is 0 Å². The minimum absolute atomic E-state index is 0.0122. The van der Waals surface area contributed by atoms with Crippen molar-refractivity contribution in [2.24, 2.45) is 0 Å². The fourth-order valence-electron chi connectivity index (χ4n) is 3.69. The van der Waals surface area contributed by atoms with Gasteiger partial charge in [0.25, 0.3) is 0 Å². The molecule has 152 valence electrons. The van der Waals surface area contributed by atoms with E-state index >= 15 is 0 Å². The van der Waals surface area contributed by atoms with Gasteiger partial charge in [0.2, 0.25) is 0 Å². The van der Waals surface area contributed by atoms with Gasteiger partial charge >= 0.3 is 12.1 Å². The van der Waals surface area contributed by atoms with E-state index < -0.39 is 12.1 Å². The Morgan fingerprint density at radius 3 is 2.23 bits per heavy atom. The van der Waals surface area contributed by atoms with E-state index in [0.29, 0.717) is 5.75 Å². The predicted molar refractivity (Wildman–Crippen MR) is 112 cm³/mol. The van der Waals surface area contributed by atoms with Crippen molar-refractivity contribution in [1.82, 2.24) is 5.32 Å². The molecular formula is C24H21NO5. The molecular weight excluding hydrogens is 382 g/mol. The number of hydrogen-bond donors (Lipinski definition) is 2. The molecule has 0 heterocycles. The number of benzene rings is 3. The molecule has 1 amide bonds. The van der Waals surface area contributed by atoms with Crippen LogP contribution in [0.2, 0.25) is 0 Å². The van der Waals surface area contributed by atoms with Crippen LogP contribution in [0, 0.1) is 0 Å². The third-order valence-corrected chi connectivity index (χ3v) is 5.06. The molecule has 2 N–H and O–H groups in total. The monoisotopic (exact) mass is 403 g/mol. The molecule has 0 spiro atoms. The average molecular weight is 403 g/mol. The van der Waals surface area contributed by atoms with E-state index in [4.69, 9.17) is 14.6 Å². The van der Waals surface area contributed by atoms with Crippen molar-refractivity contribution in [2.45, 2.75) is 5.92 Å². The van der Waals surface area contributed by atoms with Crippen LogP contribution in [-0.2, 0) is 4.74 Å². The van der Waals surface area contributed by atoms with Crippen LogP contribution in [-0.4, -0.2) is 36.9 Å². The molecule has 3 aromatic rings. The van der Waals surface area contributed by atoms with E-state index in [1.54, 1.807) is 12.1 Å². The lowest BCUT2D eigenvalue weighted by Gasteiger charge is -2.14. The van der Waals surface area contributed by atoms with Crippen LogP contribution in [0.15, 0.2) is 72.8 Å². The number of amides is 1. The van der Waals surface area contributed by atoms with Crippen LogP contribution in [0.1, 0.15) is 27.4 Å². The summed E-state index contributed by atoms with van der Waals surface area (Å²) in [7, 11) is 0. The highest BCUT2D eigenvalue weighted by Gasteiger charge is 2.28. The summed E-state index contributed by atoms with van der Waals surface area (Å²) in [5, 5.41) is 11.7. The second-order valence-corrected chi connectivity index (χ2v) is 6.93. The predicted octanol–water partition coefficient (Wildman–Crippen LogP) is 4.30. The molecule has 1 aliphatic carbocycles. The lowest BCUT2D eigenvalue weighted by atomic mass is 9.98. The zero-order valence-electron chi connectivity index (χ0n) is 16.2. The van der Waals surface area contributed by atoms with Crippen LogP contribution in [0.4, 0.5) is 4.79 Å². The number of carbonyl (C=O) groups is 2. The number of fused-ring (bicyclic) bond motifs is 3. The van der Waals surface area contributed by atoms with Crippen LogP contribution < -0.4 is 10.1 Å². The molecule has 0 saturated carbocycles. The Morgan fingerprint density at radius 2 is 1.57 bits per heavy atom. The van der Waals surface area contributed by atoms with E-state index in [2.05, 4.69) is 29.6 Å². The average Bonchev–Trinajstić information content (AvgIpc) is 3.09. The standard InChI is InChI=1S/C24H21NO5/c26-23(27)16-6-5-7-17(14-16)29-13-12-25-24(28)30-15-22-20-10-3-1-8-18(20)19-9-2-4-11-21(19)22/h1-11,14,22H,12-13,15H2,(H,25,28)(H,26,27). The lowest BCUT2D eigenvalue weighted by Crippen LogP contribution is -2.29. The minimum Gasteiger partial charge on any atom is -0.492 e. The van der Waals surface area contributed by atoms with Gasteiger partial charge in [-0.05, 0) is 40.5 Å². The van der Waals surface area contributed by atoms with E-state index in [1.807, 2.05) is 24.3 Å². The van der Waals surface area contributed by atoms with Gasteiger partial charge in [-0.25, -0.2) is 9.59 Å². The number of rotatable bonds is 7. The summed E-state index contributed by atoms with van der Waals surface area (Å²) in [5.74, 6) is -0.570. The summed E-state index contributed by atoms with van der Waals surface area (Å²) in [4.78, 5) is 23.1. The smallest absolute Gasteiger partial charge is 0.407 e. The van der Waals surface area contributed by atoms with Crippen molar-refractivity contribution in [3.05, 3.63) is 89.5 Å². The summed E-state index contributed by atoms with van der Waals surface area (Å²) in [6.45, 7) is 0.697. The fraction of sp³-hybridized carbons (Fsp3) is 0.167.